The lowest BCUT2D eigenvalue weighted by molar-refractivity contribution is 0.583. The molecule has 0 saturated heterocycles. The molecular formula is C18H25N3. The first-order valence-electron chi connectivity index (χ1n) is 7.63. The van der Waals surface area contributed by atoms with Gasteiger partial charge in [0.25, 0.3) is 0 Å². The molecule has 1 unspecified atom stereocenters. The van der Waals surface area contributed by atoms with Crippen molar-refractivity contribution in [2.45, 2.75) is 45.6 Å². The Balaban J connectivity index is 2.29. The van der Waals surface area contributed by atoms with E-state index in [2.05, 4.69) is 67.5 Å². The van der Waals surface area contributed by atoms with Crippen molar-refractivity contribution in [2.75, 3.05) is 6.54 Å². The lowest BCUT2D eigenvalue weighted by Crippen LogP contribution is -2.23. The molecule has 1 N–H and O–H groups in total. The van der Waals surface area contributed by atoms with Crippen LogP contribution in [0.1, 0.15) is 56.8 Å². The molecule has 0 amide bonds. The van der Waals surface area contributed by atoms with E-state index in [1.54, 1.807) is 6.20 Å². The third-order valence-electron chi connectivity index (χ3n) is 3.65. The first kappa shape index (κ1) is 15.6. The highest BCUT2D eigenvalue weighted by Crippen LogP contribution is 2.26. The average Bonchev–Trinajstić information content (AvgIpc) is 2.48. The standard InChI is InChI=1S/C18H25N3/c1-5-11-19-17(15-10-12-20-21-13-15)14-6-8-16(9-7-14)18(2,3)4/h6-10,12-13,17,19H,5,11H2,1-4H3. The predicted octanol–water partition coefficient (Wildman–Crippen LogP) is 3.86. The zero-order valence-corrected chi connectivity index (χ0v) is 13.4. The lowest BCUT2D eigenvalue weighted by atomic mass is 9.86. The molecule has 3 heteroatoms. The molecule has 1 atom stereocenters. The fraction of sp³-hybridized carbons (Fsp3) is 0.444. The minimum absolute atomic E-state index is 0.175. The second-order valence-electron chi connectivity index (χ2n) is 6.43. The van der Waals surface area contributed by atoms with Crippen LogP contribution in [-0.2, 0) is 5.41 Å². The number of benzene rings is 1. The molecule has 1 aromatic heterocycles. The summed E-state index contributed by atoms with van der Waals surface area (Å²) < 4.78 is 0. The van der Waals surface area contributed by atoms with E-state index in [-0.39, 0.29) is 11.5 Å². The number of nitrogens with zero attached hydrogens (tertiary/aromatic N) is 2. The van der Waals surface area contributed by atoms with Crippen molar-refractivity contribution in [1.29, 1.82) is 0 Å². The van der Waals surface area contributed by atoms with Crippen LogP contribution in [0.4, 0.5) is 0 Å². The Labute approximate surface area is 127 Å². The number of hydrogen-bond donors (Lipinski definition) is 1. The second kappa shape index (κ2) is 6.81. The van der Waals surface area contributed by atoms with Crippen LogP contribution in [0.15, 0.2) is 42.7 Å². The summed E-state index contributed by atoms with van der Waals surface area (Å²) in [6.45, 7) is 9.87. The normalized spacial score (nSPS) is 13.1. The highest BCUT2D eigenvalue weighted by atomic mass is 15.1. The average molecular weight is 283 g/mol. The van der Waals surface area contributed by atoms with E-state index in [0.717, 1.165) is 18.5 Å². The summed E-state index contributed by atoms with van der Waals surface area (Å²) in [5.74, 6) is 0. The van der Waals surface area contributed by atoms with Crippen molar-refractivity contribution < 1.29 is 0 Å². The quantitative estimate of drug-likeness (QED) is 0.905. The first-order valence-corrected chi connectivity index (χ1v) is 7.63. The molecule has 1 heterocycles. The van der Waals surface area contributed by atoms with Gasteiger partial charge in [-0.25, -0.2) is 0 Å². The summed E-state index contributed by atoms with van der Waals surface area (Å²) in [7, 11) is 0. The second-order valence-corrected chi connectivity index (χ2v) is 6.43. The molecule has 0 spiro atoms. The van der Waals surface area contributed by atoms with Crippen molar-refractivity contribution in [3.8, 4) is 0 Å². The largest absolute Gasteiger partial charge is 0.306 e. The van der Waals surface area contributed by atoms with Crippen LogP contribution >= 0.6 is 0 Å². The van der Waals surface area contributed by atoms with Crippen molar-refractivity contribution >= 4 is 0 Å². The zero-order chi connectivity index (χ0) is 15.3. The highest BCUT2D eigenvalue weighted by molar-refractivity contribution is 5.34. The molecule has 0 fully saturated rings. The van der Waals surface area contributed by atoms with E-state index >= 15 is 0 Å². The molecule has 0 saturated carbocycles. The van der Waals surface area contributed by atoms with Gasteiger partial charge < -0.3 is 5.32 Å². The Morgan fingerprint density at radius 3 is 2.24 bits per heavy atom. The molecule has 0 aliphatic heterocycles. The number of aromatic nitrogens is 2. The number of rotatable bonds is 5. The topological polar surface area (TPSA) is 37.8 Å². The molecule has 3 nitrogen and oxygen atoms in total. The summed E-state index contributed by atoms with van der Waals surface area (Å²) >= 11 is 0. The molecule has 0 aliphatic carbocycles. The molecular weight excluding hydrogens is 258 g/mol. The maximum Gasteiger partial charge on any atom is 0.0593 e. The molecule has 0 aliphatic rings. The summed E-state index contributed by atoms with van der Waals surface area (Å²) in [5.41, 5.74) is 3.96. The van der Waals surface area contributed by atoms with Gasteiger partial charge in [-0.15, -0.1) is 0 Å². The van der Waals surface area contributed by atoms with Gasteiger partial charge in [0.2, 0.25) is 0 Å². The molecule has 1 aromatic carbocycles. The van der Waals surface area contributed by atoms with E-state index in [1.165, 1.54) is 11.1 Å². The Kier molecular flexibility index (Phi) is 5.07. The van der Waals surface area contributed by atoms with Gasteiger partial charge in [0, 0.05) is 6.20 Å². The van der Waals surface area contributed by atoms with Crippen LogP contribution in [0.25, 0.3) is 0 Å². The molecule has 112 valence electrons. The van der Waals surface area contributed by atoms with Gasteiger partial charge in [-0.05, 0) is 41.1 Å². The SMILES string of the molecule is CCCNC(c1ccc(C(C)(C)C)cc1)c1ccnnc1. The van der Waals surface area contributed by atoms with Gasteiger partial charge in [-0.3, -0.25) is 0 Å². The Morgan fingerprint density at radius 2 is 1.71 bits per heavy atom. The van der Waals surface area contributed by atoms with Gasteiger partial charge in [-0.1, -0.05) is 52.0 Å². The van der Waals surface area contributed by atoms with E-state index in [9.17, 15) is 0 Å². The highest BCUT2D eigenvalue weighted by Gasteiger charge is 2.16. The van der Waals surface area contributed by atoms with E-state index in [4.69, 9.17) is 0 Å². The molecule has 21 heavy (non-hydrogen) atoms. The van der Waals surface area contributed by atoms with E-state index in [1.807, 2.05) is 12.3 Å². The minimum Gasteiger partial charge on any atom is -0.306 e. The minimum atomic E-state index is 0.175. The van der Waals surface area contributed by atoms with Gasteiger partial charge in [-0.2, -0.15) is 10.2 Å². The summed E-state index contributed by atoms with van der Waals surface area (Å²) in [6.07, 6.45) is 4.69. The van der Waals surface area contributed by atoms with E-state index in [0.29, 0.717) is 0 Å². The maximum atomic E-state index is 4.01. The predicted molar refractivity (Wildman–Crippen MR) is 87.3 cm³/mol. The summed E-state index contributed by atoms with van der Waals surface area (Å²) in [6, 6.07) is 11.1. The molecule has 2 aromatic rings. The van der Waals surface area contributed by atoms with Crippen molar-refractivity contribution in [1.82, 2.24) is 15.5 Å². The lowest BCUT2D eigenvalue weighted by Gasteiger charge is -2.22. The van der Waals surface area contributed by atoms with Gasteiger partial charge in [0.1, 0.15) is 0 Å². The maximum absolute atomic E-state index is 4.01. The molecule has 0 bridgehead atoms. The number of hydrogen-bond acceptors (Lipinski definition) is 3. The molecule has 0 radical (unpaired) electrons. The van der Waals surface area contributed by atoms with Crippen molar-refractivity contribution in [2.24, 2.45) is 0 Å². The number of nitrogens with one attached hydrogen (secondary N) is 1. The van der Waals surface area contributed by atoms with Crippen LogP contribution in [0.5, 0.6) is 0 Å². The third-order valence-corrected chi connectivity index (χ3v) is 3.65. The Bertz CT molecular complexity index is 541. The van der Waals surface area contributed by atoms with Crippen molar-refractivity contribution in [3.63, 3.8) is 0 Å². The summed E-state index contributed by atoms with van der Waals surface area (Å²) in [5, 5.41) is 11.5. The van der Waals surface area contributed by atoms with Gasteiger partial charge in [0.15, 0.2) is 0 Å². The van der Waals surface area contributed by atoms with Crippen LogP contribution in [-0.4, -0.2) is 16.7 Å². The smallest absolute Gasteiger partial charge is 0.0593 e. The first-order chi connectivity index (χ1) is 10.0. The molecule has 2 rings (SSSR count). The third kappa shape index (κ3) is 4.11. The Hall–Kier alpha value is -1.74. The summed E-state index contributed by atoms with van der Waals surface area (Å²) in [4.78, 5) is 0. The Morgan fingerprint density at radius 1 is 1.00 bits per heavy atom. The fourth-order valence-corrected chi connectivity index (χ4v) is 2.36. The van der Waals surface area contributed by atoms with Crippen LogP contribution in [0, 0.1) is 0 Å². The van der Waals surface area contributed by atoms with Gasteiger partial charge >= 0.3 is 0 Å². The van der Waals surface area contributed by atoms with Crippen molar-refractivity contribution in [3.05, 3.63) is 59.4 Å². The van der Waals surface area contributed by atoms with Gasteiger partial charge in [0.05, 0.1) is 12.2 Å². The monoisotopic (exact) mass is 283 g/mol. The zero-order valence-electron chi connectivity index (χ0n) is 13.4. The fourth-order valence-electron chi connectivity index (χ4n) is 2.36. The van der Waals surface area contributed by atoms with Crippen LogP contribution < -0.4 is 5.32 Å². The van der Waals surface area contributed by atoms with E-state index < -0.39 is 0 Å². The van der Waals surface area contributed by atoms with Crippen LogP contribution in [0.2, 0.25) is 0 Å². The van der Waals surface area contributed by atoms with Crippen LogP contribution in [0.3, 0.4) is 0 Å².